The highest BCUT2D eigenvalue weighted by Crippen LogP contribution is 2.37. The van der Waals surface area contributed by atoms with Gasteiger partial charge >= 0.3 is 0 Å². The van der Waals surface area contributed by atoms with Gasteiger partial charge in [-0.2, -0.15) is 0 Å². The molecule has 64 valence electrons. The lowest BCUT2D eigenvalue weighted by Gasteiger charge is -2.18. The molecule has 0 amide bonds. The summed E-state index contributed by atoms with van der Waals surface area (Å²) in [6.45, 7) is 1.25. The van der Waals surface area contributed by atoms with Gasteiger partial charge in [0.2, 0.25) is 0 Å². The van der Waals surface area contributed by atoms with E-state index in [2.05, 4.69) is 31.9 Å². The van der Waals surface area contributed by atoms with Crippen LogP contribution in [0.25, 0.3) is 0 Å². The quantitative estimate of drug-likeness (QED) is 0.732. The first-order valence-corrected chi connectivity index (χ1v) is 5.10. The number of ether oxygens (including phenoxy) is 2. The molecule has 1 aromatic carbocycles. The molecule has 2 rings (SSSR count). The molecule has 0 aliphatic carbocycles. The van der Waals surface area contributed by atoms with Gasteiger partial charge in [-0.1, -0.05) is 0 Å². The summed E-state index contributed by atoms with van der Waals surface area (Å²) in [6, 6.07) is 3.80. The molecular formula is C8H6Br2O2. The summed E-state index contributed by atoms with van der Waals surface area (Å²) in [5.74, 6) is 1.60. The Morgan fingerprint density at radius 3 is 1.75 bits per heavy atom. The van der Waals surface area contributed by atoms with Crippen LogP contribution in [0.5, 0.6) is 11.5 Å². The Labute approximate surface area is 87.1 Å². The van der Waals surface area contributed by atoms with Gasteiger partial charge in [0, 0.05) is 8.95 Å². The van der Waals surface area contributed by atoms with Crippen LogP contribution in [0.15, 0.2) is 21.1 Å². The molecule has 1 aliphatic rings. The van der Waals surface area contributed by atoms with Crippen molar-refractivity contribution in [3.8, 4) is 11.5 Å². The minimum atomic E-state index is 0.626. The molecule has 2 nitrogen and oxygen atoms in total. The van der Waals surface area contributed by atoms with Crippen molar-refractivity contribution in [2.75, 3.05) is 13.2 Å². The van der Waals surface area contributed by atoms with Crippen LogP contribution in [0, 0.1) is 0 Å². The average Bonchev–Trinajstić information content (AvgIpc) is 2.07. The van der Waals surface area contributed by atoms with Gasteiger partial charge in [0.25, 0.3) is 0 Å². The zero-order valence-corrected chi connectivity index (χ0v) is 9.31. The summed E-state index contributed by atoms with van der Waals surface area (Å²) in [5, 5.41) is 0. The van der Waals surface area contributed by atoms with Gasteiger partial charge in [-0.15, -0.1) is 0 Å². The Bertz CT molecular complexity index is 281. The fourth-order valence-corrected chi connectivity index (χ4v) is 1.68. The third-order valence-electron chi connectivity index (χ3n) is 1.59. The molecule has 1 heterocycles. The number of rotatable bonds is 0. The molecule has 0 fully saturated rings. The summed E-state index contributed by atoms with van der Waals surface area (Å²) in [7, 11) is 0. The van der Waals surface area contributed by atoms with E-state index in [9.17, 15) is 0 Å². The maximum Gasteiger partial charge on any atom is 0.162 e. The highest BCUT2D eigenvalue weighted by atomic mass is 79.9. The van der Waals surface area contributed by atoms with Crippen LogP contribution < -0.4 is 9.47 Å². The van der Waals surface area contributed by atoms with E-state index in [4.69, 9.17) is 9.47 Å². The molecule has 0 saturated heterocycles. The van der Waals surface area contributed by atoms with Gasteiger partial charge in [-0.3, -0.25) is 0 Å². The molecule has 0 radical (unpaired) electrons. The molecule has 1 aliphatic heterocycles. The Balaban J connectivity index is 2.49. The van der Waals surface area contributed by atoms with Crippen LogP contribution in [0.2, 0.25) is 0 Å². The zero-order valence-electron chi connectivity index (χ0n) is 6.14. The van der Waals surface area contributed by atoms with Gasteiger partial charge in [-0.05, 0) is 44.0 Å². The number of fused-ring (bicyclic) bond motifs is 1. The minimum Gasteiger partial charge on any atom is -0.486 e. The van der Waals surface area contributed by atoms with Crippen LogP contribution in [0.4, 0.5) is 0 Å². The summed E-state index contributed by atoms with van der Waals surface area (Å²) >= 11 is 6.78. The summed E-state index contributed by atoms with van der Waals surface area (Å²) in [6.07, 6.45) is 0. The fraction of sp³-hybridized carbons (Fsp3) is 0.250. The van der Waals surface area contributed by atoms with Crippen molar-refractivity contribution in [1.82, 2.24) is 0 Å². The summed E-state index contributed by atoms with van der Waals surface area (Å²) in [4.78, 5) is 0. The SMILES string of the molecule is Brc1cc2c(cc1Br)OCCO2. The van der Waals surface area contributed by atoms with E-state index in [0.717, 1.165) is 20.4 Å². The molecule has 0 spiro atoms. The van der Waals surface area contributed by atoms with Crippen LogP contribution in [-0.2, 0) is 0 Å². The van der Waals surface area contributed by atoms with E-state index < -0.39 is 0 Å². The third kappa shape index (κ3) is 1.45. The normalized spacial score (nSPS) is 14.5. The second-order valence-electron chi connectivity index (χ2n) is 2.41. The van der Waals surface area contributed by atoms with Gasteiger partial charge in [-0.25, -0.2) is 0 Å². The maximum atomic E-state index is 5.38. The number of benzene rings is 1. The molecule has 0 saturated carbocycles. The van der Waals surface area contributed by atoms with Crippen LogP contribution in [0.3, 0.4) is 0 Å². The van der Waals surface area contributed by atoms with Crippen molar-refractivity contribution in [3.63, 3.8) is 0 Å². The predicted octanol–water partition coefficient (Wildman–Crippen LogP) is 2.98. The zero-order chi connectivity index (χ0) is 8.55. The van der Waals surface area contributed by atoms with Gasteiger partial charge in [0.15, 0.2) is 11.5 Å². The number of halogens is 2. The van der Waals surface area contributed by atoms with Crippen molar-refractivity contribution < 1.29 is 9.47 Å². The first-order chi connectivity index (χ1) is 5.77. The van der Waals surface area contributed by atoms with Crippen molar-refractivity contribution in [2.24, 2.45) is 0 Å². The first kappa shape index (κ1) is 8.38. The maximum absolute atomic E-state index is 5.38. The molecule has 12 heavy (non-hydrogen) atoms. The summed E-state index contributed by atoms with van der Waals surface area (Å²) < 4.78 is 12.7. The topological polar surface area (TPSA) is 18.5 Å². The third-order valence-corrected chi connectivity index (χ3v) is 3.43. The number of hydrogen-bond donors (Lipinski definition) is 0. The molecule has 1 aromatic rings. The predicted molar refractivity (Wildman–Crippen MR) is 52.8 cm³/mol. The Morgan fingerprint density at radius 1 is 0.917 bits per heavy atom. The minimum absolute atomic E-state index is 0.626. The highest BCUT2D eigenvalue weighted by molar-refractivity contribution is 9.13. The molecule has 0 atom stereocenters. The largest absolute Gasteiger partial charge is 0.486 e. The lowest BCUT2D eigenvalue weighted by atomic mass is 10.3. The van der Waals surface area contributed by atoms with E-state index in [0.29, 0.717) is 13.2 Å². The smallest absolute Gasteiger partial charge is 0.162 e. The van der Waals surface area contributed by atoms with E-state index in [-0.39, 0.29) is 0 Å². The first-order valence-electron chi connectivity index (χ1n) is 3.52. The molecule has 0 N–H and O–H groups in total. The van der Waals surface area contributed by atoms with Crippen molar-refractivity contribution in [2.45, 2.75) is 0 Å². The Morgan fingerprint density at radius 2 is 1.33 bits per heavy atom. The second kappa shape index (κ2) is 3.26. The van der Waals surface area contributed by atoms with Crippen molar-refractivity contribution in [1.29, 1.82) is 0 Å². The average molecular weight is 294 g/mol. The molecule has 4 heteroatoms. The summed E-state index contributed by atoms with van der Waals surface area (Å²) in [5.41, 5.74) is 0. The van der Waals surface area contributed by atoms with Gasteiger partial charge in [0.05, 0.1) is 0 Å². The standard InChI is InChI=1S/C8H6Br2O2/c9-5-3-7-8(4-6(5)10)12-2-1-11-7/h3-4H,1-2H2. The van der Waals surface area contributed by atoms with Crippen LogP contribution in [0.1, 0.15) is 0 Å². The molecule has 0 aromatic heterocycles. The monoisotopic (exact) mass is 292 g/mol. The van der Waals surface area contributed by atoms with E-state index in [1.54, 1.807) is 0 Å². The van der Waals surface area contributed by atoms with Crippen molar-refractivity contribution >= 4 is 31.9 Å². The van der Waals surface area contributed by atoms with Crippen LogP contribution >= 0.6 is 31.9 Å². The Kier molecular flexibility index (Phi) is 2.28. The second-order valence-corrected chi connectivity index (χ2v) is 4.12. The van der Waals surface area contributed by atoms with Gasteiger partial charge in [0.1, 0.15) is 13.2 Å². The van der Waals surface area contributed by atoms with Crippen molar-refractivity contribution in [3.05, 3.63) is 21.1 Å². The van der Waals surface area contributed by atoms with Gasteiger partial charge < -0.3 is 9.47 Å². The molecule has 0 unspecified atom stereocenters. The van der Waals surface area contributed by atoms with E-state index in [1.165, 1.54) is 0 Å². The fourth-order valence-electron chi connectivity index (χ4n) is 1.04. The van der Waals surface area contributed by atoms with E-state index in [1.807, 2.05) is 12.1 Å². The lowest BCUT2D eigenvalue weighted by molar-refractivity contribution is 0.171. The lowest BCUT2D eigenvalue weighted by Crippen LogP contribution is -2.15. The Hall–Kier alpha value is -0.220. The van der Waals surface area contributed by atoms with Crippen LogP contribution in [-0.4, -0.2) is 13.2 Å². The van der Waals surface area contributed by atoms with E-state index >= 15 is 0 Å². The highest BCUT2D eigenvalue weighted by Gasteiger charge is 2.13. The number of hydrogen-bond acceptors (Lipinski definition) is 2. The molecule has 0 bridgehead atoms. The molecular weight excluding hydrogens is 288 g/mol.